The third-order valence-corrected chi connectivity index (χ3v) is 6.66. The maximum absolute atomic E-state index is 5.09. The van der Waals surface area contributed by atoms with Crippen LogP contribution in [-0.2, 0) is 18.4 Å². The fraction of sp³-hybridized carbons (Fsp3) is 0.833. The van der Waals surface area contributed by atoms with Crippen LogP contribution < -0.4 is 5.32 Å². The van der Waals surface area contributed by atoms with Crippen LogP contribution in [0.3, 0.4) is 0 Å². The number of thiazole rings is 1. The molecule has 118 valence electrons. The summed E-state index contributed by atoms with van der Waals surface area (Å²) in [5.41, 5.74) is 1.56. The lowest BCUT2D eigenvalue weighted by molar-refractivity contribution is 0.138. The fourth-order valence-electron chi connectivity index (χ4n) is 4.22. The first-order chi connectivity index (χ1) is 10.00. The first-order valence-corrected chi connectivity index (χ1v) is 9.58. The van der Waals surface area contributed by atoms with Gasteiger partial charge in [0.15, 0.2) is 0 Å². The molecule has 3 rings (SSSR count). The Bertz CT molecular complexity index is 470. The lowest BCUT2D eigenvalue weighted by Gasteiger charge is -2.43. The molecule has 1 fully saturated rings. The van der Waals surface area contributed by atoms with Gasteiger partial charge in [0.05, 0.1) is 11.2 Å². The van der Waals surface area contributed by atoms with Crippen LogP contribution in [0.5, 0.6) is 0 Å². The van der Waals surface area contributed by atoms with E-state index in [0.29, 0.717) is 6.04 Å². The zero-order valence-corrected chi connectivity index (χ0v) is 14.9. The average Bonchev–Trinajstić information content (AvgIpc) is 2.98. The molecule has 1 N–H and O–H groups in total. The van der Waals surface area contributed by atoms with E-state index in [0.717, 1.165) is 11.8 Å². The molecule has 2 aliphatic rings. The number of hydrogen-bond acceptors (Lipinski definition) is 3. The predicted molar refractivity (Wildman–Crippen MR) is 90.9 cm³/mol. The summed E-state index contributed by atoms with van der Waals surface area (Å²) in [5, 5.41) is 5.33. The van der Waals surface area contributed by atoms with Crippen LogP contribution in [0.1, 0.15) is 75.4 Å². The van der Waals surface area contributed by atoms with Crippen molar-refractivity contribution in [3.63, 3.8) is 0 Å². The standard InChI is InChI=1S/C18H30N2S/c1-12(2)14-7-6-10-18(11-14,20-13(3)4)17-19-15-8-5-9-16(15)21-17/h12-14,20H,5-11H2,1-4H3. The second-order valence-corrected chi connectivity index (χ2v) is 8.81. The maximum atomic E-state index is 5.09. The van der Waals surface area contributed by atoms with Crippen LogP contribution in [-0.4, -0.2) is 11.0 Å². The largest absolute Gasteiger partial charge is 0.303 e. The zero-order chi connectivity index (χ0) is 15.0. The lowest BCUT2D eigenvalue weighted by atomic mass is 9.71. The zero-order valence-electron chi connectivity index (χ0n) is 14.0. The van der Waals surface area contributed by atoms with Gasteiger partial charge in [-0.1, -0.05) is 26.7 Å². The minimum atomic E-state index is 0.149. The summed E-state index contributed by atoms with van der Waals surface area (Å²) in [6.07, 6.45) is 9.05. The smallest absolute Gasteiger partial charge is 0.113 e. The van der Waals surface area contributed by atoms with E-state index in [2.05, 4.69) is 33.0 Å². The first-order valence-electron chi connectivity index (χ1n) is 8.77. The molecule has 0 amide bonds. The predicted octanol–water partition coefficient (Wildman–Crippen LogP) is 4.67. The molecule has 1 aromatic heterocycles. The molecule has 1 heterocycles. The van der Waals surface area contributed by atoms with Gasteiger partial charge in [0.25, 0.3) is 0 Å². The Balaban J connectivity index is 1.92. The Hall–Kier alpha value is -0.410. The highest BCUT2D eigenvalue weighted by atomic mass is 32.1. The van der Waals surface area contributed by atoms with Gasteiger partial charge in [-0.3, -0.25) is 0 Å². The molecule has 2 atom stereocenters. The van der Waals surface area contributed by atoms with Crippen LogP contribution in [0.4, 0.5) is 0 Å². The molecule has 0 saturated heterocycles. The molecule has 0 aromatic carbocycles. The van der Waals surface area contributed by atoms with Crippen LogP contribution in [0.2, 0.25) is 0 Å². The number of aryl methyl sites for hydroxylation is 2. The molecule has 2 unspecified atom stereocenters. The summed E-state index contributed by atoms with van der Waals surface area (Å²) in [5.74, 6) is 1.62. The van der Waals surface area contributed by atoms with Gasteiger partial charge in [-0.25, -0.2) is 4.98 Å². The van der Waals surface area contributed by atoms with E-state index in [1.807, 2.05) is 11.3 Å². The number of rotatable bonds is 4. The second kappa shape index (κ2) is 6.00. The van der Waals surface area contributed by atoms with Gasteiger partial charge in [0.1, 0.15) is 5.01 Å². The summed E-state index contributed by atoms with van der Waals surface area (Å²) in [6.45, 7) is 9.33. The first kappa shape index (κ1) is 15.5. The van der Waals surface area contributed by atoms with E-state index in [9.17, 15) is 0 Å². The Morgan fingerprint density at radius 2 is 2.00 bits per heavy atom. The van der Waals surface area contributed by atoms with E-state index < -0.39 is 0 Å². The highest BCUT2D eigenvalue weighted by molar-refractivity contribution is 7.12. The molecular formula is C18H30N2S. The molecule has 2 nitrogen and oxygen atoms in total. The number of fused-ring (bicyclic) bond motifs is 1. The average molecular weight is 307 g/mol. The number of nitrogens with one attached hydrogen (secondary N) is 1. The van der Waals surface area contributed by atoms with Crippen LogP contribution in [0.15, 0.2) is 0 Å². The van der Waals surface area contributed by atoms with Crippen LogP contribution >= 0.6 is 11.3 Å². The fourth-order valence-corrected chi connectivity index (χ4v) is 5.56. The summed E-state index contributed by atoms with van der Waals surface area (Å²) >= 11 is 2.01. The SMILES string of the molecule is CC(C)NC1(c2nc3c(s2)CCC3)CCCC(C(C)C)C1. The van der Waals surface area contributed by atoms with Gasteiger partial charge in [0.2, 0.25) is 0 Å². The van der Waals surface area contributed by atoms with Crippen molar-refractivity contribution in [3.8, 4) is 0 Å². The van der Waals surface area contributed by atoms with Crippen molar-refractivity contribution in [2.75, 3.05) is 0 Å². The molecule has 0 aliphatic heterocycles. The van der Waals surface area contributed by atoms with Gasteiger partial charge in [0, 0.05) is 10.9 Å². The van der Waals surface area contributed by atoms with Crippen molar-refractivity contribution in [1.82, 2.24) is 10.3 Å². The van der Waals surface area contributed by atoms with Gasteiger partial charge >= 0.3 is 0 Å². The second-order valence-electron chi connectivity index (χ2n) is 7.72. The molecular weight excluding hydrogens is 276 g/mol. The molecule has 1 saturated carbocycles. The quantitative estimate of drug-likeness (QED) is 0.874. The molecule has 0 bridgehead atoms. The van der Waals surface area contributed by atoms with E-state index in [1.54, 1.807) is 4.88 Å². The number of nitrogens with zero attached hydrogens (tertiary/aromatic N) is 1. The number of aromatic nitrogens is 1. The Morgan fingerprint density at radius 3 is 2.67 bits per heavy atom. The third kappa shape index (κ3) is 3.05. The van der Waals surface area contributed by atoms with Crippen LogP contribution in [0, 0.1) is 11.8 Å². The highest BCUT2D eigenvalue weighted by Gasteiger charge is 2.42. The summed E-state index contributed by atoms with van der Waals surface area (Å²) in [6, 6.07) is 0.523. The van der Waals surface area contributed by atoms with Crippen molar-refractivity contribution in [2.24, 2.45) is 11.8 Å². The maximum Gasteiger partial charge on any atom is 0.113 e. The lowest BCUT2D eigenvalue weighted by Crippen LogP contribution is -2.49. The van der Waals surface area contributed by atoms with Crippen molar-refractivity contribution < 1.29 is 0 Å². The molecule has 1 aromatic rings. The summed E-state index contributed by atoms with van der Waals surface area (Å²) < 4.78 is 0. The molecule has 0 spiro atoms. The molecule has 0 radical (unpaired) electrons. The van der Waals surface area contributed by atoms with E-state index >= 15 is 0 Å². The molecule has 21 heavy (non-hydrogen) atoms. The number of hydrogen-bond donors (Lipinski definition) is 1. The van der Waals surface area contributed by atoms with Crippen LogP contribution in [0.25, 0.3) is 0 Å². The molecule has 3 heteroatoms. The van der Waals surface area contributed by atoms with Crippen molar-refractivity contribution >= 4 is 11.3 Å². The highest BCUT2D eigenvalue weighted by Crippen LogP contribution is 2.45. The Kier molecular flexibility index (Phi) is 4.42. The van der Waals surface area contributed by atoms with Crippen molar-refractivity contribution in [3.05, 3.63) is 15.6 Å². The van der Waals surface area contributed by atoms with Gasteiger partial charge in [-0.15, -0.1) is 11.3 Å². The molecule has 2 aliphatic carbocycles. The van der Waals surface area contributed by atoms with E-state index in [-0.39, 0.29) is 5.54 Å². The van der Waals surface area contributed by atoms with Gasteiger partial charge in [-0.2, -0.15) is 0 Å². The minimum Gasteiger partial charge on any atom is -0.303 e. The van der Waals surface area contributed by atoms with Gasteiger partial charge in [-0.05, 0) is 57.8 Å². The normalized spacial score (nSPS) is 29.3. The Labute approximate surface area is 133 Å². The van der Waals surface area contributed by atoms with E-state index in [1.165, 1.54) is 55.6 Å². The van der Waals surface area contributed by atoms with E-state index in [4.69, 9.17) is 4.98 Å². The summed E-state index contributed by atoms with van der Waals surface area (Å²) in [4.78, 5) is 6.66. The monoisotopic (exact) mass is 306 g/mol. The van der Waals surface area contributed by atoms with Gasteiger partial charge < -0.3 is 5.32 Å². The third-order valence-electron chi connectivity index (χ3n) is 5.30. The summed E-state index contributed by atoms with van der Waals surface area (Å²) in [7, 11) is 0. The van der Waals surface area contributed by atoms with Crippen molar-refractivity contribution in [1.29, 1.82) is 0 Å². The minimum absolute atomic E-state index is 0.149. The van der Waals surface area contributed by atoms with Crippen molar-refractivity contribution in [2.45, 2.75) is 84.2 Å². The Morgan fingerprint density at radius 1 is 1.19 bits per heavy atom. The topological polar surface area (TPSA) is 24.9 Å².